The molecule has 0 aliphatic heterocycles. The third kappa shape index (κ3) is 5.64. The molecule has 0 nitrogen and oxygen atoms in total. The highest BCUT2D eigenvalue weighted by Crippen LogP contribution is 2.05. The summed E-state index contributed by atoms with van der Waals surface area (Å²) in [6, 6.07) is 0. The molecule has 0 aliphatic rings. The van der Waals surface area contributed by atoms with Gasteiger partial charge >= 0.3 is 0 Å². The van der Waals surface area contributed by atoms with Crippen LogP contribution in [0.3, 0.4) is 0 Å². The molecule has 0 atom stereocenters. The average molecular weight is 157 g/mol. The molecule has 0 aromatic heterocycles. The summed E-state index contributed by atoms with van der Waals surface area (Å²) in [5.41, 5.74) is 1.02. The second kappa shape index (κ2) is 5.31. The van der Waals surface area contributed by atoms with Crippen molar-refractivity contribution in [3.63, 3.8) is 0 Å². The Morgan fingerprint density at radius 2 is 2.10 bits per heavy atom. The highest BCUT2D eigenvalue weighted by atomic mass is 35.5. The number of hydrogen-bond donors (Lipinski definition) is 0. The summed E-state index contributed by atoms with van der Waals surface area (Å²) in [4.78, 5) is 0. The Hall–Kier alpha value is -0.490. The van der Waals surface area contributed by atoms with Crippen LogP contribution in [0, 0.1) is 0 Å². The van der Waals surface area contributed by atoms with E-state index in [2.05, 4.69) is 13.5 Å². The van der Waals surface area contributed by atoms with Crippen LogP contribution in [0.25, 0.3) is 0 Å². The maximum absolute atomic E-state index is 5.76. The van der Waals surface area contributed by atoms with Crippen molar-refractivity contribution in [2.45, 2.75) is 20.3 Å². The molecule has 0 saturated carbocycles. The topological polar surface area (TPSA) is 0 Å². The standard InChI is InChI=1S/C9H13Cl/c1-4-5-9(10)7-6-8(2)3/h5-7H,2,4H2,1,3H3/b7-6-,9-5+. The summed E-state index contributed by atoms with van der Waals surface area (Å²) >= 11 is 5.76. The molecule has 0 bridgehead atoms. The van der Waals surface area contributed by atoms with Crippen LogP contribution in [0.15, 0.2) is 35.4 Å². The Morgan fingerprint density at radius 3 is 2.50 bits per heavy atom. The van der Waals surface area contributed by atoms with Crippen molar-refractivity contribution in [3.05, 3.63) is 35.4 Å². The number of allylic oxidation sites excluding steroid dienone is 5. The Labute approximate surface area is 67.9 Å². The summed E-state index contributed by atoms with van der Waals surface area (Å²) in [7, 11) is 0. The summed E-state index contributed by atoms with van der Waals surface area (Å²) in [5.74, 6) is 0. The molecule has 0 radical (unpaired) electrons. The van der Waals surface area contributed by atoms with Crippen molar-refractivity contribution in [3.8, 4) is 0 Å². The van der Waals surface area contributed by atoms with Crippen LogP contribution in [-0.4, -0.2) is 0 Å². The van der Waals surface area contributed by atoms with Gasteiger partial charge in [0, 0.05) is 5.03 Å². The predicted molar refractivity (Wildman–Crippen MR) is 48.2 cm³/mol. The zero-order valence-corrected chi connectivity index (χ0v) is 7.28. The maximum Gasteiger partial charge on any atom is 0.0366 e. The van der Waals surface area contributed by atoms with E-state index < -0.39 is 0 Å². The number of rotatable bonds is 3. The Balaban J connectivity index is 3.89. The summed E-state index contributed by atoms with van der Waals surface area (Å²) in [6.45, 7) is 7.70. The Bertz CT molecular complexity index is 164. The highest BCUT2D eigenvalue weighted by Gasteiger charge is 1.80. The van der Waals surface area contributed by atoms with Crippen molar-refractivity contribution < 1.29 is 0 Å². The van der Waals surface area contributed by atoms with Gasteiger partial charge in [0.15, 0.2) is 0 Å². The van der Waals surface area contributed by atoms with E-state index in [0.29, 0.717) is 0 Å². The molecule has 10 heavy (non-hydrogen) atoms. The lowest BCUT2D eigenvalue weighted by Gasteiger charge is -1.86. The van der Waals surface area contributed by atoms with Crippen molar-refractivity contribution in [1.29, 1.82) is 0 Å². The first-order valence-electron chi connectivity index (χ1n) is 3.36. The summed E-state index contributed by atoms with van der Waals surface area (Å²) < 4.78 is 0. The van der Waals surface area contributed by atoms with Crippen molar-refractivity contribution in [1.82, 2.24) is 0 Å². The van der Waals surface area contributed by atoms with Gasteiger partial charge < -0.3 is 0 Å². The minimum absolute atomic E-state index is 0.783. The molecule has 0 aromatic carbocycles. The maximum atomic E-state index is 5.76. The van der Waals surface area contributed by atoms with Crippen molar-refractivity contribution in [2.75, 3.05) is 0 Å². The van der Waals surface area contributed by atoms with Gasteiger partial charge in [0.05, 0.1) is 0 Å². The molecule has 0 rings (SSSR count). The second-order valence-corrected chi connectivity index (χ2v) is 2.61. The van der Waals surface area contributed by atoms with Gasteiger partial charge in [-0.2, -0.15) is 0 Å². The molecule has 0 amide bonds. The smallest absolute Gasteiger partial charge is 0.0366 e. The lowest BCUT2D eigenvalue weighted by molar-refractivity contribution is 1.22. The molecule has 0 spiro atoms. The average Bonchev–Trinajstić information content (AvgIpc) is 1.85. The first-order chi connectivity index (χ1) is 4.66. The van der Waals surface area contributed by atoms with Gasteiger partial charge in [-0.25, -0.2) is 0 Å². The van der Waals surface area contributed by atoms with E-state index in [1.165, 1.54) is 0 Å². The Kier molecular flexibility index (Phi) is 5.05. The van der Waals surface area contributed by atoms with Gasteiger partial charge in [-0.15, -0.1) is 0 Å². The summed E-state index contributed by atoms with van der Waals surface area (Å²) in [5, 5.41) is 0.783. The zero-order valence-electron chi connectivity index (χ0n) is 6.52. The quantitative estimate of drug-likeness (QED) is 0.548. The van der Waals surface area contributed by atoms with Gasteiger partial charge in [-0.05, 0) is 19.4 Å². The molecule has 0 saturated heterocycles. The van der Waals surface area contributed by atoms with E-state index in [1.54, 1.807) is 0 Å². The summed E-state index contributed by atoms with van der Waals surface area (Å²) in [6.07, 6.45) is 6.68. The lowest BCUT2D eigenvalue weighted by Crippen LogP contribution is -1.65. The van der Waals surface area contributed by atoms with E-state index in [0.717, 1.165) is 17.0 Å². The predicted octanol–water partition coefficient (Wildman–Crippen LogP) is 3.65. The van der Waals surface area contributed by atoms with Gasteiger partial charge in [0.1, 0.15) is 0 Å². The molecule has 0 unspecified atom stereocenters. The van der Waals surface area contributed by atoms with Crippen LogP contribution in [0.1, 0.15) is 20.3 Å². The van der Waals surface area contributed by atoms with Crippen LogP contribution in [0.2, 0.25) is 0 Å². The van der Waals surface area contributed by atoms with E-state index in [9.17, 15) is 0 Å². The minimum atomic E-state index is 0.783. The van der Waals surface area contributed by atoms with Gasteiger partial charge in [0.25, 0.3) is 0 Å². The first kappa shape index (κ1) is 9.51. The van der Waals surface area contributed by atoms with E-state index in [1.807, 2.05) is 25.2 Å². The van der Waals surface area contributed by atoms with Gasteiger partial charge in [-0.3, -0.25) is 0 Å². The van der Waals surface area contributed by atoms with E-state index in [4.69, 9.17) is 11.6 Å². The highest BCUT2D eigenvalue weighted by molar-refractivity contribution is 6.31. The van der Waals surface area contributed by atoms with E-state index in [-0.39, 0.29) is 0 Å². The third-order valence-corrected chi connectivity index (χ3v) is 1.21. The monoisotopic (exact) mass is 156 g/mol. The molecule has 0 fully saturated rings. The van der Waals surface area contributed by atoms with Crippen LogP contribution in [0.4, 0.5) is 0 Å². The zero-order chi connectivity index (χ0) is 7.98. The molecule has 0 aromatic rings. The Morgan fingerprint density at radius 1 is 1.50 bits per heavy atom. The van der Waals surface area contributed by atoms with Crippen molar-refractivity contribution in [2.24, 2.45) is 0 Å². The minimum Gasteiger partial charge on any atom is -0.0961 e. The van der Waals surface area contributed by atoms with Crippen LogP contribution < -0.4 is 0 Å². The second-order valence-electron chi connectivity index (χ2n) is 2.18. The normalized spacial score (nSPS) is 12.5. The third-order valence-electron chi connectivity index (χ3n) is 0.926. The molecule has 0 aliphatic carbocycles. The van der Waals surface area contributed by atoms with Crippen molar-refractivity contribution >= 4 is 11.6 Å². The molecule has 0 N–H and O–H groups in total. The van der Waals surface area contributed by atoms with Crippen LogP contribution in [0.5, 0.6) is 0 Å². The van der Waals surface area contributed by atoms with E-state index >= 15 is 0 Å². The molecule has 0 heterocycles. The number of halogens is 1. The van der Waals surface area contributed by atoms with Crippen LogP contribution >= 0.6 is 11.6 Å². The lowest BCUT2D eigenvalue weighted by atomic mass is 10.3. The number of hydrogen-bond acceptors (Lipinski definition) is 0. The molecular formula is C9H13Cl. The van der Waals surface area contributed by atoms with Gasteiger partial charge in [0.2, 0.25) is 0 Å². The van der Waals surface area contributed by atoms with Gasteiger partial charge in [-0.1, -0.05) is 42.8 Å². The molecule has 56 valence electrons. The fourth-order valence-corrected chi connectivity index (χ4v) is 0.702. The molecule has 1 heteroatoms. The largest absolute Gasteiger partial charge is 0.0961 e. The molecular weight excluding hydrogens is 144 g/mol. The first-order valence-corrected chi connectivity index (χ1v) is 3.74. The van der Waals surface area contributed by atoms with Crippen LogP contribution in [-0.2, 0) is 0 Å². The fourth-order valence-electron chi connectivity index (χ4n) is 0.485. The SMILES string of the molecule is C=C(C)/C=C\C(Cl)=C/CC. The fraction of sp³-hybridized carbons (Fsp3) is 0.333.